The van der Waals surface area contributed by atoms with E-state index in [1.165, 1.54) is 18.2 Å². The fourth-order valence-electron chi connectivity index (χ4n) is 3.46. The fourth-order valence-corrected chi connectivity index (χ4v) is 3.46. The third kappa shape index (κ3) is 4.77. The molecular formula is C23H15F8N5. The van der Waals surface area contributed by atoms with Crippen molar-refractivity contribution in [1.29, 1.82) is 0 Å². The normalized spacial score (nSPS) is 12.7. The highest BCUT2D eigenvalue weighted by Gasteiger charge is 2.43. The van der Waals surface area contributed by atoms with Crippen LogP contribution < -0.4 is 0 Å². The summed E-state index contributed by atoms with van der Waals surface area (Å²) in [7, 11) is 0. The van der Waals surface area contributed by atoms with E-state index in [1.807, 2.05) is 0 Å². The maximum absolute atomic E-state index is 14.2. The number of halogens is 8. The van der Waals surface area contributed by atoms with E-state index in [0.29, 0.717) is 5.69 Å². The maximum atomic E-state index is 14.2. The van der Waals surface area contributed by atoms with Gasteiger partial charge < -0.3 is 0 Å². The first-order valence-electron chi connectivity index (χ1n) is 10.2. The lowest BCUT2D eigenvalue weighted by atomic mass is 9.84. The van der Waals surface area contributed by atoms with Crippen molar-refractivity contribution >= 4 is 0 Å². The van der Waals surface area contributed by atoms with Crippen molar-refractivity contribution in [2.24, 2.45) is 0 Å². The maximum Gasteiger partial charge on any atom is 0.450 e. The molecule has 0 aromatic carbocycles. The highest BCUT2D eigenvalue weighted by molar-refractivity contribution is 5.59. The Kier molecular flexibility index (Phi) is 6.05. The molecule has 4 aromatic rings. The van der Waals surface area contributed by atoms with E-state index in [-0.39, 0.29) is 27.7 Å². The van der Waals surface area contributed by atoms with Gasteiger partial charge in [-0.1, -0.05) is 12.1 Å². The van der Waals surface area contributed by atoms with Gasteiger partial charge in [0.25, 0.3) is 0 Å². The van der Waals surface area contributed by atoms with Crippen LogP contribution in [0.1, 0.15) is 36.8 Å². The van der Waals surface area contributed by atoms with Crippen molar-refractivity contribution in [2.75, 3.05) is 0 Å². The van der Waals surface area contributed by atoms with Gasteiger partial charge in [0.1, 0.15) is 5.82 Å². The van der Waals surface area contributed by atoms with Gasteiger partial charge in [0, 0.05) is 11.6 Å². The lowest BCUT2D eigenvalue weighted by Crippen LogP contribution is -2.23. The van der Waals surface area contributed by atoms with Crippen molar-refractivity contribution in [2.45, 2.75) is 31.6 Å². The van der Waals surface area contributed by atoms with Crippen LogP contribution in [-0.2, 0) is 17.8 Å². The minimum absolute atomic E-state index is 0.0799. The fraction of sp³-hybridized carbons (Fsp3) is 0.217. The third-order valence-corrected chi connectivity index (χ3v) is 5.35. The molecule has 0 saturated carbocycles. The van der Waals surface area contributed by atoms with Gasteiger partial charge in [0.05, 0.1) is 22.6 Å². The average molecular weight is 513 g/mol. The molecule has 4 heterocycles. The molecule has 0 saturated heterocycles. The van der Waals surface area contributed by atoms with Gasteiger partial charge in [-0.15, -0.1) is 0 Å². The number of hydrogen-bond acceptors (Lipinski definition) is 4. The topological polar surface area (TPSA) is 56.5 Å². The monoisotopic (exact) mass is 513 g/mol. The summed E-state index contributed by atoms with van der Waals surface area (Å²) in [6.07, 6.45) is -10.1. The number of nitrogens with zero attached hydrogens (tertiary/aromatic N) is 5. The van der Waals surface area contributed by atoms with Gasteiger partial charge in [-0.2, -0.15) is 40.1 Å². The molecule has 0 amide bonds. The molecule has 0 aliphatic carbocycles. The van der Waals surface area contributed by atoms with Crippen LogP contribution in [0.5, 0.6) is 0 Å². The van der Waals surface area contributed by atoms with E-state index >= 15 is 0 Å². The van der Waals surface area contributed by atoms with Crippen LogP contribution in [0.25, 0.3) is 17.1 Å². The van der Waals surface area contributed by atoms with E-state index in [4.69, 9.17) is 0 Å². The van der Waals surface area contributed by atoms with Crippen LogP contribution in [0.2, 0.25) is 0 Å². The molecule has 5 nitrogen and oxygen atoms in total. The summed E-state index contributed by atoms with van der Waals surface area (Å²) in [5, 5.41) is 0. The van der Waals surface area contributed by atoms with E-state index in [0.717, 1.165) is 18.2 Å². The van der Waals surface area contributed by atoms with Gasteiger partial charge in [-0.25, -0.2) is 9.97 Å². The average Bonchev–Trinajstić information content (AvgIpc) is 3.26. The Morgan fingerprint density at radius 1 is 0.667 bits per heavy atom. The summed E-state index contributed by atoms with van der Waals surface area (Å²) in [4.78, 5) is 14.4. The summed E-state index contributed by atoms with van der Waals surface area (Å²) in [6, 6.07) is 10.6. The molecule has 0 atom stereocenters. The molecule has 0 bridgehead atoms. The molecule has 0 fully saturated rings. The molecular weight excluding hydrogens is 498 g/mol. The summed E-state index contributed by atoms with van der Waals surface area (Å²) in [5.74, 6) is -4.32. The standard InChI is InChI=1S/C23H15F8N5/c1-21(2,14-6-3-5-13(32-14)12-9-10-17(24)35-19(12)25)15-7-4-8-18(33-15)36-11-16(22(26,27)28)34-20(36)23(29,30)31/h3-11H,1-2H3. The van der Waals surface area contributed by atoms with Crippen molar-refractivity contribution in [3.05, 3.63) is 89.5 Å². The van der Waals surface area contributed by atoms with Crippen LogP contribution in [0.15, 0.2) is 54.7 Å². The Morgan fingerprint density at radius 2 is 1.31 bits per heavy atom. The summed E-state index contributed by atoms with van der Waals surface area (Å²) < 4.78 is 107. The quantitative estimate of drug-likeness (QED) is 0.235. The second-order valence-corrected chi connectivity index (χ2v) is 8.20. The Hall–Kier alpha value is -3.90. The van der Waals surface area contributed by atoms with Crippen LogP contribution in [0, 0.1) is 11.9 Å². The van der Waals surface area contributed by atoms with Gasteiger partial charge >= 0.3 is 12.4 Å². The highest BCUT2D eigenvalue weighted by atomic mass is 19.4. The predicted molar refractivity (Wildman–Crippen MR) is 111 cm³/mol. The zero-order valence-corrected chi connectivity index (χ0v) is 18.5. The highest BCUT2D eigenvalue weighted by Crippen LogP contribution is 2.36. The third-order valence-electron chi connectivity index (χ3n) is 5.35. The van der Waals surface area contributed by atoms with Crippen LogP contribution in [-0.4, -0.2) is 24.5 Å². The number of alkyl halides is 6. The number of pyridine rings is 3. The summed E-state index contributed by atoms with van der Waals surface area (Å²) in [6.45, 7) is 3.26. The molecule has 188 valence electrons. The van der Waals surface area contributed by atoms with Crippen LogP contribution in [0.4, 0.5) is 35.1 Å². The number of aromatic nitrogens is 5. The van der Waals surface area contributed by atoms with Gasteiger partial charge in [-0.3, -0.25) is 9.55 Å². The largest absolute Gasteiger partial charge is 0.450 e. The van der Waals surface area contributed by atoms with Crippen LogP contribution in [0.3, 0.4) is 0 Å². The zero-order valence-electron chi connectivity index (χ0n) is 18.5. The smallest absolute Gasteiger partial charge is 0.280 e. The number of imidazole rings is 1. The van der Waals surface area contributed by atoms with Crippen molar-refractivity contribution in [1.82, 2.24) is 24.5 Å². The SMILES string of the molecule is CC(C)(c1cccc(-c2ccc(F)nc2F)n1)c1cccc(-n2cc(C(F)(F)F)nc2C(F)(F)F)n1. The summed E-state index contributed by atoms with van der Waals surface area (Å²) >= 11 is 0. The van der Waals surface area contributed by atoms with E-state index < -0.39 is 47.0 Å². The zero-order chi connectivity index (χ0) is 26.5. The predicted octanol–water partition coefficient (Wildman–Crippen LogP) is 6.37. The van der Waals surface area contributed by atoms with Crippen molar-refractivity contribution in [3.63, 3.8) is 0 Å². The lowest BCUT2D eigenvalue weighted by Gasteiger charge is -2.25. The molecule has 4 aromatic heterocycles. The minimum Gasteiger partial charge on any atom is -0.280 e. The number of rotatable bonds is 4. The molecule has 0 radical (unpaired) electrons. The molecule has 4 rings (SSSR count). The molecule has 13 heteroatoms. The van der Waals surface area contributed by atoms with Gasteiger partial charge in [-0.05, 0) is 50.2 Å². The lowest BCUT2D eigenvalue weighted by molar-refractivity contribution is -0.150. The Labute approximate surface area is 198 Å². The Morgan fingerprint density at radius 3 is 1.92 bits per heavy atom. The molecule has 0 N–H and O–H groups in total. The van der Waals surface area contributed by atoms with E-state index in [2.05, 4.69) is 19.9 Å². The van der Waals surface area contributed by atoms with Crippen molar-refractivity contribution < 1.29 is 35.1 Å². The first-order valence-corrected chi connectivity index (χ1v) is 10.2. The first kappa shape index (κ1) is 25.2. The van der Waals surface area contributed by atoms with E-state index in [1.54, 1.807) is 26.0 Å². The molecule has 0 aliphatic heterocycles. The molecule has 0 spiro atoms. The Bertz CT molecular complexity index is 1420. The van der Waals surface area contributed by atoms with Gasteiger partial charge in [0.15, 0.2) is 5.69 Å². The molecule has 0 unspecified atom stereocenters. The molecule has 0 aliphatic rings. The second-order valence-electron chi connectivity index (χ2n) is 8.20. The van der Waals surface area contributed by atoms with E-state index in [9.17, 15) is 35.1 Å². The van der Waals surface area contributed by atoms with Crippen molar-refractivity contribution in [3.8, 4) is 17.1 Å². The van der Waals surface area contributed by atoms with Gasteiger partial charge in [0.2, 0.25) is 17.7 Å². The summed E-state index contributed by atoms with van der Waals surface area (Å²) in [5.41, 5.74) is -2.30. The first-order chi connectivity index (χ1) is 16.7. The minimum atomic E-state index is -5.18. The Balaban J connectivity index is 1.79. The second kappa shape index (κ2) is 8.64. The van der Waals surface area contributed by atoms with Crippen LogP contribution >= 0.6 is 0 Å². The number of hydrogen-bond donors (Lipinski definition) is 0. The molecule has 36 heavy (non-hydrogen) atoms.